The van der Waals surface area contributed by atoms with E-state index in [4.69, 9.17) is 4.74 Å². The summed E-state index contributed by atoms with van der Waals surface area (Å²) in [6, 6.07) is 15.7. The van der Waals surface area contributed by atoms with Crippen LogP contribution in [-0.4, -0.2) is 47.9 Å². The topological polar surface area (TPSA) is 67.4 Å². The summed E-state index contributed by atoms with van der Waals surface area (Å²) in [6.07, 6.45) is 1.64. The van der Waals surface area contributed by atoms with Gasteiger partial charge in [-0.1, -0.05) is 23.9 Å². The summed E-state index contributed by atoms with van der Waals surface area (Å²) in [6.45, 7) is 2.96. The molecule has 0 aliphatic carbocycles. The van der Waals surface area contributed by atoms with Gasteiger partial charge >= 0.3 is 0 Å². The fraction of sp³-hybridized carbons (Fsp3) is 0.227. The molecule has 0 radical (unpaired) electrons. The number of anilines is 2. The van der Waals surface area contributed by atoms with Gasteiger partial charge in [0.2, 0.25) is 5.91 Å². The lowest BCUT2D eigenvalue weighted by Crippen LogP contribution is -2.36. The molecule has 0 saturated carbocycles. The molecule has 6 nitrogen and oxygen atoms in total. The zero-order chi connectivity index (χ0) is 20.8. The van der Waals surface area contributed by atoms with Crippen molar-refractivity contribution in [2.24, 2.45) is 0 Å². The minimum atomic E-state index is -0.295. The lowest BCUT2D eigenvalue weighted by atomic mass is 10.1. The molecular formula is C22H21FN4O2S. The summed E-state index contributed by atoms with van der Waals surface area (Å²) in [7, 11) is 0. The van der Waals surface area contributed by atoms with Crippen LogP contribution in [0.4, 0.5) is 15.8 Å². The van der Waals surface area contributed by atoms with E-state index in [1.54, 1.807) is 24.4 Å². The van der Waals surface area contributed by atoms with Crippen LogP contribution < -0.4 is 10.2 Å². The first kappa shape index (κ1) is 20.3. The Balaban J connectivity index is 1.39. The Labute approximate surface area is 178 Å². The van der Waals surface area contributed by atoms with Gasteiger partial charge in [0, 0.05) is 24.8 Å². The molecule has 1 saturated heterocycles. The highest BCUT2D eigenvalue weighted by atomic mass is 32.2. The SMILES string of the molecule is O=C(CSc1nccc(-c2ccc(F)cc2)n1)Nc1ccccc1N1CCOCC1. The molecule has 0 unspecified atom stereocenters. The number of hydrogen-bond acceptors (Lipinski definition) is 6. The summed E-state index contributed by atoms with van der Waals surface area (Å²) >= 11 is 1.26. The predicted molar refractivity (Wildman–Crippen MR) is 116 cm³/mol. The van der Waals surface area contributed by atoms with Gasteiger partial charge in [0.1, 0.15) is 5.82 Å². The molecule has 4 rings (SSSR count). The quantitative estimate of drug-likeness (QED) is 0.479. The molecule has 1 aromatic heterocycles. The molecule has 1 aliphatic heterocycles. The van der Waals surface area contributed by atoms with Crippen LogP contribution in [-0.2, 0) is 9.53 Å². The van der Waals surface area contributed by atoms with Gasteiger partial charge in [-0.3, -0.25) is 4.79 Å². The first-order valence-corrected chi connectivity index (χ1v) is 10.6. The minimum absolute atomic E-state index is 0.128. The number of carbonyl (C=O) groups is 1. The number of ether oxygens (including phenoxy) is 1. The van der Waals surface area contributed by atoms with Gasteiger partial charge in [-0.2, -0.15) is 0 Å². The van der Waals surface area contributed by atoms with Gasteiger partial charge in [-0.05, 0) is 42.5 Å². The molecule has 2 aromatic carbocycles. The van der Waals surface area contributed by atoms with E-state index in [1.165, 1.54) is 23.9 Å². The highest BCUT2D eigenvalue weighted by Gasteiger charge is 2.16. The molecule has 30 heavy (non-hydrogen) atoms. The molecule has 8 heteroatoms. The maximum absolute atomic E-state index is 13.1. The summed E-state index contributed by atoms with van der Waals surface area (Å²) in [4.78, 5) is 23.4. The maximum Gasteiger partial charge on any atom is 0.234 e. The average Bonchev–Trinajstić information content (AvgIpc) is 2.79. The van der Waals surface area contributed by atoms with E-state index in [9.17, 15) is 9.18 Å². The Morgan fingerprint density at radius 3 is 2.67 bits per heavy atom. The number of nitrogens with zero attached hydrogens (tertiary/aromatic N) is 3. The Morgan fingerprint density at radius 2 is 1.87 bits per heavy atom. The number of aromatic nitrogens is 2. The standard InChI is InChI=1S/C22H21FN4O2S/c23-17-7-5-16(6-8-17)18-9-10-24-22(26-18)30-15-21(28)25-19-3-1-2-4-20(19)27-11-13-29-14-12-27/h1-10H,11-15H2,(H,25,28). The average molecular weight is 425 g/mol. The van der Waals surface area contributed by atoms with Crippen LogP contribution in [0.1, 0.15) is 0 Å². The van der Waals surface area contributed by atoms with Crippen LogP contribution in [0.15, 0.2) is 66.0 Å². The third-order valence-corrected chi connectivity index (χ3v) is 5.50. The zero-order valence-corrected chi connectivity index (χ0v) is 17.1. The van der Waals surface area contributed by atoms with Gasteiger partial charge in [-0.15, -0.1) is 0 Å². The Morgan fingerprint density at radius 1 is 1.10 bits per heavy atom. The Kier molecular flexibility index (Phi) is 6.56. The third-order valence-electron chi connectivity index (χ3n) is 4.64. The molecule has 2 heterocycles. The van der Waals surface area contributed by atoms with E-state index in [2.05, 4.69) is 20.2 Å². The van der Waals surface area contributed by atoms with Gasteiger partial charge in [0.25, 0.3) is 0 Å². The van der Waals surface area contributed by atoms with E-state index in [1.807, 2.05) is 24.3 Å². The van der Waals surface area contributed by atoms with Crippen LogP contribution in [0, 0.1) is 5.82 Å². The first-order chi connectivity index (χ1) is 14.7. The minimum Gasteiger partial charge on any atom is -0.378 e. The number of rotatable bonds is 6. The molecule has 0 spiro atoms. The fourth-order valence-electron chi connectivity index (χ4n) is 3.17. The van der Waals surface area contributed by atoms with Gasteiger partial charge in [0.15, 0.2) is 5.16 Å². The summed E-state index contributed by atoms with van der Waals surface area (Å²) in [5.41, 5.74) is 3.26. The fourth-order valence-corrected chi connectivity index (χ4v) is 3.80. The number of carbonyl (C=O) groups excluding carboxylic acids is 1. The molecule has 1 N–H and O–H groups in total. The molecule has 1 fully saturated rings. The van der Waals surface area contributed by atoms with Crippen molar-refractivity contribution in [2.75, 3.05) is 42.3 Å². The number of amides is 1. The van der Waals surface area contributed by atoms with Crippen LogP contribution in [0.5, 0.6) is 0 Å². The van der Waals surface area contributed by atoms with Crippen molar-refractivity contribution >= 4 is 29.0 Å². The molecule has 0 atom stereocenters. The number of hydrogen-bond donors (Lipinski definition) is 1. The van der Waals surface area contributed by atoms with Crippen LogP contribution in [0.2, 0.25) is 0 Å². The van der Waals surface area contributed by atoms with Crippen LogP contribution in [0.3, 0.4) is 0 Å². The third kappa shape index (κ3) is 5.14. The molecular weight excluding hydrogens is 403 g/mol. The van der Waals surface area contributed by atoms with Crippen molar-refractivity contribution in [3.63, 3.8) is 0 Å². The van der Waals surface area contributed by atoms with Crippen molar-refractivity contribution in [1.29, 1.82) is 0 Å². The van der Waals surface area contributed by atoms with Crippen molar-refractivity contribution in [3.05, 3.63) is 66.6 Å². The smallest absolute Gasteiger partial charge is 0.234 e. The zero-order valence-electron chi connectivity index (χ0n) is 16.3. The maximum atomic E-state index is 13.1. The van der Waals surface area contributed by atoms with E-state index in [-0.39, 0.29) is 17.5 Å². The molecule has 1 aliphatic rings. The van der Waals surface area contributed by atoms with Gasteiger partial charge in [-0.25, -0.2) is 14.4 Å². The van der Waals surface area contributed by atoms with Crippen LogP contribution in [0.25, 0.3) is 11.3 Å². The Bertz CT molecular complexity index is 1010. The van der Waals surface area contributed by atoms with Crippen molar-refractivity contribution in [2.45, 2.75) is 5.16 Å². The molecule has 0 bridgehead atoms. The number of thioether (sulfide) groups is 1. The first-order valence-electron chi connectivity index (χ1n) is 9.62. The predicted octanol–water partition coefficient (Wildman–Crippen LogP) is 3.85. The number of nitrogens with one attached hydrogen (secondary N) is 1. The second kappa shape index (κ2) is 9.69. The van der Waals surface area contributed by atoms with E-state index < -0.39 is 0 Å². The normalized spacial score (nSPS) is 13.8. The number of benzene rings is 2. The van der Waals surface area contributed by atoms with Gasteiger partial charge in [0.05, 0.1) is 36.0 Å². The van der Waals surface area contributed by atoms with E-state index in [0.29, 0.717) is 24.1 Å². The summed E-state index contributed by atoms with van der Waals surface area (Å²) in [5, 5.41) is 3.49. The number of para-hydroxylation sites is 2. The lowest BCUT2D eigenvalue weighted by molar-refractivity contribution is -0.113. The lowest BCUT2D eigenvalue weighted by Gasteiger charge is -2.30. The van der Waals surface area contributed by atoms with Crippen molar-refractivity contribution < 1.29 is 13.9 Å². The second-order valence-electron chi connectivity index (χ2n) is 6.68. The van der Waals surface area contributed by atoms with E-state index >= 15 is 0 Å². The largest absolute Gasteiger partial charge is 0.378 e. The van der Waals surface area contributed by atoms with Gasteiger partial charge < -0.3 is 15.0 Å². The van der Waals surface area contributed by atoms with Crippen molar-refractivity contribution in [3.8, 4) is 11.3 Å². The number of halogens is 1. The number of morpholine rings is 1. The van der Waals surface area contributed by atoms with Crippen LogP contribution >= 0.6 is 11.8 Å². The molecule has 1 amide bonds. The molecule has 3 aromatic rings. The monoisotopic (exact) mass is 424 g/mol. The second-order valence-corrected chi connectivity index (χ2v) is 7.63. The van der Waals surface area contributed by atoms with Crippen molar-refractivity contribution in [1.82, 2.24) is 9.97 Å². The summed E-state index contributed by atoms with van der Waals surface area (Å²) in [5.74, 6) is -0.238. The summed E-state index contributed by atoms with van der Waals surface area (Å²) < 4.78 is 18.5. The highest BCUT2D eigenvalue weighted by Crippen LogP contribution is 2.27. The van der Waals surface area contributed by atoms with E-state index in [0.717, 1.165) is 30.0 Å². The highest BCUT2D eigenvalue weighted by molar-refractivity contribution is 7.99. The Hall–Kier alpha value is -2.97. The molecule has 154 valence electrons.